The second kappa shape index (κ2) is 16.2. The van der Waals surface area contributed by atoms with E-state index < -0.39 is 91.3 Å². The van der Waals surface area contributed by atoms with Crippen molar-refractivity contribution in [3.63, 3.8) is 0 Å². The van der Waals surface area contributed by atoms with Crippen molar-refractivity contribution in [1.82, 2.24) is 5.32 Å². The minimum absolute atomic E-state index is 0.158. The van der Waals surface area contributed by atoms with Gasteiger partial charge in [0, 0.05) is 45.6 Å². The molecule has 0 saturated carbocycles. The van der Waals surface area contributed by atoms with Gasteiger partial charge in [-0.1, -0.05) is 6.08 Å². The first-order valence-corrected chi connectivity index (χ1v) is 15.5. The number of aromatic hydroxyl groups is 2. The number of carbonyl (C=O) groups is 5. The van der Waals surface area contributed by atoms with Crippen LogP contribution in [0.5, 0.6) is 11.5 Å². The first-order chi connectivity index (χ1) is 23.2. The minimum atomic E-state index is -1.56. The average molecular weight is 692 g/mol. The Morgan fingerprint density at radius 3 is 2.16 bits per heavy atom. The van der Waals surface area contributed by atoms with Crippen molar-refractivity contribution in [3.05, 3.63) is 47.7 Å². The highest BCUT2D eigenvalue weighted by Gasteiger charge is 2.54. The lowest BCUT2D eigenvalue weighted by Crippen LogP contribution is -2.63. The molecule has 0 bridgehead atoms. The Kier molecular flexibility index (Phi) is 12.2. The molecule has 3 aliphatic heterocycles. The van der Waals surface area contributed by atoms with Crippen LogP contribution in [0.1, 0.15) is 51.3 Å². The molecule has 16 heteroatoms. The summed E-state index contributed by atoms with van der Waals surface area (Å²) >= 11 is 0. The summed E-state index contributed by atoms with van der Waals surface area (Å²) in [6, 6.07) is 2.57. The molecule has 3 heterocycles. The van der Waals surface area contributed by atoms with Gasteiger partial charge in [-0.05, 0) is 42.6 Å². The van der Waals surface area contributed by atoms with Gasteiger partial charge in [0.05, 0.1) is 18.9 Å². The fourth-order valence-electron chi connectivity index (χ4n) is 6.28. The van der Waals surface area contributed by atoms with Gasteiger partial charge in [0.25, 0.3) is 0 Å². The molecule has 4 rings (SSSR count). The Morgan fingerprint density at radius 1 is 0.918 bits per heavy atom. The van der Waals surface area contributed by atoms with Crippen LogP contribution >= 0.6 is 0 Å². The van der Waals surface area contributed by atoms with Gasteiger partial charge in [-0.25, -0.2) is 4.79 Å². The predicted octanol–water partition coefficient (Wildman–Crippen LogP) is 1.61. The van der Waals surface area contributed by atoms with Gasteiger partial charge in [-0.15, -0.1) is 6.58 Å². The number of benzene rings is 1. The molecule has 1 saturated heterocycles. The third kappa shape index (κ3) is 8.87. The SMILES string of the molecule is C=C[C@H]1[C@H](O[C@@H]2O[C@H](COC(C)=O)[C@@H](OC(C)=O)[C@H](OC(C)=O)[C@H]2OC(C)=O)OC=C(C(=O)OC)[C@H]1C[C@@H]1NCCc2cc(O)c(O)cc21. The number of nitrogens with one attached hydrogen (secondary N) is 1. The maximum Gasteiger partial charge on any atom is 0.337 e. The highest BCUT2D eigenvalue weighted by atomic mass is 16.8. The molecule has 16 nitrogen and oxygen atoms in total. The number of esters is 5. The molecular formula is C33H41NO15. The van der Waals surface area contributed by atoms with Crippen molar-refractivity contribution >= 4 is 29.8 Å². The molecule has 0 spiro atoms. The van der Waals surface area contributed by atoms with E-state index in [1.54, 1.807) is 0 Å². The predicted molar refractivity (Wildman–Crippen MR) is 164 cm³/mol. The van der Waals surface area contributed by atoms with Crippen molar-refractivity contribution in [3.8, 4) is 11.5 Å². The van der Waals surface area contributed by atoms with Gasteiger partial charge in [0.15, 0.2) is 29.8 Å². The van der Waals surface area contributed by atoms with Crippen molar-refractivity contribution < 1.29 is 72.1 Å². The summed E-state index contributed by atoms with van der Waals surface area (Å²) in [6.45, 7) is 8.50. The van der Waals surface area contributed by atoms with Crippen LogP contribution < -0.4 is 5.32 Å². The number of hydrogen-bond donors (Lipinski definition) is 3. The Hall–Kier alpha value is -4.67. The van der Waals surface area contributed by atoms with E-state index in [2.05, 4.69) is 11.9 Å². The van der Waals surface area contributed by atoms with Crippen LogP contribution in [0.2, 0.25) is 0 Å². The van der Waals surface area contributed by atoms with Crippen LogP contribution in [-0.2, 0) is 68.3 Å². The van der Waals surface area contributed by atoms with E-state index in [9.17, 15) is 34.2 Å². The van der Waals surface area contributed by atoms with Gasteiger partial charge >= 0.3 is 29.8 Å². The number of fused-ring (bicyclic) bond motifs is 1. The highest BCUT2D eigenvalue weighted by molar-refractivity contribution is 5.89. The number of hydrogen-bond acceptors (Lipinski definition) is 16. The average Bonchev–Trinajstić information content (AvgIpc) is 3.03. The van der Waals surface area contributed by atoms with Crippen LogP contribution in [0.4, 0.5) is 0 Å². The number of phenolic OH excluding ortho intramolecular Hbond substituents is 2. The monoisotopic (exact) mass is 691 g/mol. The van der Waals surface area contributed by atoms with E-state index in [-0.39, 0.29) is 23.5 Å². The second-order valence-corrected chi connectivity index (χ2v) is 11.7. The number of rotatable bonds is 11. The molecule has 268 valence electrons. The molecule has 0 aromatic heterocycles. The van der Waals surface area contributed by atoms with Crippen LogP contribution in [-0.4, -0.2) is 97.3 Å². The van der Waals surface area contributed by atoms with Crippen molar-refractivity contribution in [1.29, 1.82) is 0 Å². The zero-order chi connectivity index (χ0) is 36.0. The van der Waals surface area contributed by atoms with Crippen molar-refractivity contribution in [2.45, 2.75) is 83.6 Å². The van der Waals surface area contributed by atoms with E-state index in [4.69, 9.17) is 37.9 Å². The summed E-state index contributed by atoms with van der Waals surface area (Å²) in [4.78, 5) is 61.3. The zero-order valence-electron chi connectivity index (χ0n) is 27.7. The third-order valence-electron chi connectivity index (χ3n) is 8.30. The summed E-state index contributed by atoms with van der Waals surface area (Å²) in [5.74, 6) is -5.77. The van der Waals surface area contributed by atoms with Gasteiger partial charge in [0.1, 0.15) is 12.7 Å². The van der Waals surface area contributed by atoms with Gasteiger partial charge < -0.3 is 53.4 Å². The van der Waals surface area contributed by atoms with Gasteiger partial charge in [0.2, 0.25) is 12.6 Å². The largest absolute Gasteiger partial charge is 0.504 e. The molecule has 49 heavy (non-hydrogen) atoms. The molecule has 0 unspecified atom stereocenters. The third-order valence-corrected chi connectivity index (χ3v) is 8.30. The number of methoxy groups -OCH3 is 1. The van der Waals surface area contributed by atoms with Crippen molar-refractivity contribution in [2.75, 3.05) is 20.3 Å². The summed E-state index contributed by atoms with van der Waals surface area (Å²) in [7, 11) is 1.22. The normalized spacial score (nSPS) is 29.2. The molecule has 1 fully saturated rings. The van der Waals surface area contributed by atoms with E-state index in [0.717, 1.165) is 38.8 Å². The summed E-state index contributed by atoms with van der Waals surface area (Å²) in [5, 5.41) is 23.7. The molecular weight excluding hydrogens is 650 g/mol. The number of carbonyl (C=O) groups excluding carboxylic acids is 5. The first-order valence-electron chi connectivity index (χ1n) is 15.5. The lowest BCUT2D eigenvalue weighted by atomic mass is 9.77. The lowest BCUT2D eigenvalue weighted by molar-refractivity contribution is -0.342. The van der Waals surface area contributed by atoms with E-state index in [1.165, 1.54) is 31.6 Å². The Labute approximate surface area is 282 Å². The fraction of sp³-hybridized carbons (Fsp3) is 0.545. The van der Waals surface area contributed by atoms with Gasteiger partial charge in [-0.3, -0.25) is 19.2 Å². The highest BCUT2D eigenvalue weighted by Crippen LogP contribution is 2.43. The smallest absolute Gasteiger partial charge is 0.337 e. The quantitative estimate of drug-likeness (QED) is 0.130. The Bertz CT molecular complexity index is 1470. The van der Waals surface area contributed by atoms with Crippen LogP contribution in [0.3, 0.4) is 0 Å². The molecule has 0 aliphatic carbocycles. The Morgan fingerprint density at radius 2 is 1.55 bits per heavy atom. The van der Waals surface area contributed by atoms with E-state index >= 15 is 0 Å². The lowest BCUT2D eigenvalue weighted by Gasteiger charge is -2.46. The molecule has 9 atom stereocenters. The maximum absolute atomic E-state index is 13.0. The van der Waals surface area contributed by atoms with Crippen LogP contribution in [0.25, 0.3) is 0 Å². The second-order valence-electron chi connectivity index (χ2n) is 11.7. The molecule has 3 N–H and O–H groups in total. The number of phenols is 2. The van der Waals surface area contributed by atoms with E-state index in [0.29, 0.717) is 13.0 Å². The summed E-state index contributed by atoms with van der Waals surface area (Å²) in [6.07, 6.45) is -4.92. The summed E-state index contributed by atoms with van der Waals surface area (Å²) in [5.41, 5.74) is 1.69. The Balaban J connectivity index is 1.71. The molecule has 1 aromatic rings. The first kappa shape index (κ1) is 37.2. The van der Waals surface area contributed by atoms with Gasteiger partial charge in [-0.2, -0.15) is 0 Å². The fourth-order valence-corrected chi connectivity index (χ4v) is 6.28. The standard InChI is InChI=1S/C33H41NO15/c1-7-20-22(11-24-21-12-26(40)25(39)10-19(21)8-9-34-24)23(31(41)42-6)13-44-32(20)49-33-30(47-18(5)38)29(46-17(4)37)28(45-16(3)36)27(48-33)14-43-15(2)35/h7,10,12-13,20,22,24,27-30,32-34,39-40H,1,8-9,11,14H2,2-6H3/t20-,22+,24+,27-,28-,29+,30-,32+,33+/m1/s1. The molecule has 0 radical (unpaired) electrons. The minimum Gasteiger partial charge on any atom is -0.504 e. The molecule has 3 aliphatic rings. The van der Waals surface area contributed by atoms with E-state index in [1.807, 2.05) is 0 Å². The van der Waals surface area contributed by atoms with Crippen LogP contribution in [0.15, 0.2) is 36.6 Å². The molecule has 0 amide bonds. The van der Waals surface area contributed by atoms with Crippen LogP contribution in [0, 0.1) is 11.8 Å². The zero-order valence-corrected chi connectivity index (χ0v) is 27.7. The molecule has 1 aromatic carbocycles. The summed E-state index contributed by atoms with van der Waals surface area (Å²) < 4.78 is 44.8. The van der Waals surface area contributed by atoms with Crippen molar-refractivity contribution in [2.24, 2.45) is 11.8 Å². The maximum atomic E-state index is 13.0. The topological polar surface area (TPSA) is 212 Å². The number of ether oxygens (including phenoxy) is 8.